The summed E-state index contributed by atoms with van der Waals surface area (Å²) in [6.07, 6.45) is 10.8. The Hall–Kier alpha value is -0.570. The largest absolute Gasteiger partial charge is 0.352 e. The number of rotatable bonds is 4. The molecule has 2 rings (SSSR count). The maximum absolute atomic E-state index is 12.4. The summed E-state index contributed by atoms with van der Waals surface area (Å²) in [6, 6.07) is 0.462. The number of amides is 1. The van der Waals surface area contributed by atoms with Gasteiger partial charge in [0.1, 0.15) is 0 Å². The Morgan fingerprint density at radius 1 is 1.10 bits per heavy atom. The topological polar surface area (TPSA) is 41.1 Å². The Morgan fingerprint density at radius 3 is 2.48 bits per heavy atom. The van der Waals surface area contributed by atoms with Gasteiger partial charge in [0.05, 0.1) is 6.04 Å². The van der Waals surface area contributed by atoms with Crippen molar-refractivity contribution in [3.05, 3.63) is 0 Å². The van der Waals surface area contributed by atoms with Crippen LogP contribution in [0.4, 0.5) is 0 Å². The molecule has 1 amide bonds. The van der Waals surface area contributed by atoms with Crippen LogP contribution in [0.1, 0.15) is 78.6 Å². The van der Waals surface area contributed by atoms with Gasteiger partial charge in [0, 0.05) is 6.04 Å². The Bertz CT molecular complexity index is 324. The van der Waals surface area contributed by atoms with E-state index in [9.17, 15) is 4.79 Å². The molecule has 122 valence electrons. The number of hydrogen-bond acceptors (Lipinski definition) is 2. The highest BCUT2D eigenvalue weighted by atomic mass is 16.2. The molecule has 0 aromatic carbocycles. The van der Waals surface area contributed by atoms with Crippen LogP contribution < -0.4 is 10.6 Å². The van der Waals surface area contributed by atoms with Gasteiger partial charge in [0.25, 0.3) is 0 Å². The smallest absolute Gasteiger partial charge is 0.237 e. The lowest BCUT2D eigenvalue weighted by molar-refractivity contribution is -0.124. The molecule has 1 heterocycles. The average molecular weight is 294 g/mol. The van der Waals surface area contributed by atoms with Crippen LogP contribution in [-0.4, -0.2) is 24.5 Å². The summed E-state index contributed by atoms with van der Waals surface area (Å²) >= 11 is 0. The minimum Gasteiger partial charge on any atom is -0.352 e. The molecule has 0 bridgehead atoms. The predicted molar refractivity (Wildman–Crippen MR) is 88.2 cm³/mol. The van der Waals surface area contributed by atoms with Gasteiger partial charge in [-0.25, -0.2) is 0 Å². The summed E-state index contributed by atoms with van der Waals surface area (Å²) in [5.41, 5.74) is 0.456. The van der Waals surface area contributed by atoms with Crippen LogP contribution in [0.15, 0.2) is 0 Å². The molecule has 1 atom stereocenters. The van der Waals surface area contributed by atoms with Crippen molar-refractivity contribution in [1.82, 2.24) is 10.6 Å². The molecule has 0 radical (unpaired) electrons. The zero-order chi connectivity index (χ0) is 15.3. The third-order valence-electron chi connectivity index (χ3n) is 5.97. The molecule has 0 aromatic rings. The van der Waals surface area contributed by atoms with Crippen LogP contribution in [0.2, 0.25) is 0 Å². The molecule has 2 aliphatic rings. The average Bonchev–Trinajstić information content (AvgIpc) is 2.77. The van der Waals surface area contributed by atoms with Gasteiger partial charge in [-0.1, -0.05) is 40.0 Å². The molecule has 0 aromatic heterocycles. The Balaban J connectivity index is 1.76. The summed E-state index contributed by atoms with van der Waals surface area (Å²) < 4.78 is 0. The van der Waals surface area contributed by atoms with E-state index in [0.717, 1.165) is 31.7 Å². The van der Waals surface area contributed by atoms with Crippen LogP contribution in [0.25, 0.3) is 0 Å². The molecule has 3 nitrogen and oxygen atoms in total. The third-order valence-corrected chi connectivity index (χ3v) is 5.97. The first-order valence-corrected chi connectivity index (χ1v) is 9.06. The standard InChI is InChI=1S/C18H34N2O/c1-4-18(2,3)14-9-11-15(12-10-14)20-17(21)16-8-6-5-7-13-19-16/h14-16,19H,4-13H2,1-3H3,(H,20,21). The lowest BCUT2D eigenvalue weighted by Crippen LogP contribution is -2.48. The van der Waals surface area contributed by atoms with E-state index in [2.05, 4.69) is 31.4 Å². The molecule has 1 unspecified atom stereocenters. The third kappa shape index (κ3) is 4.70. The first-order valence-electron chi connectivity index (χ1n) is 9.06. The first kappa shape index (κ1) is 16.8. The number of hydrogen-bond donors (Lipinski definition) is 2. The second-order valence-electron chi connectivity index (χ2n) is 7.76. The molecule has 1 saturated carbocycles. The molecule has 21 heavy (non-hydrogen) atoms. The van der Waals surface area contributed by atoms with Gasteiger partial charge in [-0.2, -0.15) is 0 Å². The van der Waals surface area contributed by atoms with Crippen LogP contribution in [0.3, 0.4) is 0 Å². The normalized spacial score (nSPS) is 31.5. The fraction of sp³-hybridized carbons (Fsp3) is 0.944. The second kappa shape index (κ2) is 7.62. The zero-order valence-electron chi connectivity index (χ0n) is 14.2. The van der Waals surface area contributed by atoms with E-state index >= 15 is 0 Å². The van der Waals surface area contributed by atoms with E-state index in [4.69, 9.17) is 0 Å². The van der Waals surface area contributed by atoms with Gasteiger partial charge in [-0.15, -0.1) is 0 Å². The van der Waals surface area contributed by atoms with E-state index in [1.165, 1.54) is 38.5 Å². The maximum atomic E-state index is 12.4. The lowest BCUT2D eigenvalue weighted by Gasteiger charge is -2.39. The van der Waals surface area contributed by atoms with Gasteiger partial charge in [0.2, 0.25) is 5.91 Å². The fourth-order valence-corrected chi connectivity index (χ4v) is 3.86. The van der Waals surface area contributed by atoms with Gasteiger partial charge in [-0.05, 0) is 56.4 Å². The predicted octanol–water partition coefficient (Wildman–Crippen LogP) is 3.63. The second-order valence-corrected chi connectivity index (χ2v) is 7.76. The number of carbonyl (C=O) groups is 1. The highest BCUT2D eigenvalue weighted by Gasteiger charge is 2.32. The van der Waals surface area contributed by atoms with Crippen LogP contribution >= 0.6 is 0 Å². The molecule has 2 N–H and O–H groups in total. The lowest BCUT2D eigenvalue weighted by atomic mass is 9.69. The minimum absolute atomic E-state index is 0.0531. The van der Waals surface area contributed by atoms with E-state index in [1.807, 2.05) is 0 Å². The van der Waals surface area contributed by atoms with E-state index in [1.54, 1.807) is 0 Å². The summed E-state index contributed by atoms with van der Waals surface area (Å²) in [4.78, 5) is 12.4. The van der Waals surface area contributed by atoms with Crippen molar-refractivity contribution in [2.24, 2.45) is 11.3 Å². The van der Waals surface area contributed by atoms with Gasteiger partial charge in [-0.3, -0.25) is 4.79 Å². The molecule has 1 aliphatic heterocycles. The highest BCUT2D eigenvalue weighted by Crippen LogP contribution is 2.40. The summed E-state index contributed by atoms with van der Waals surface area (Å²) in [5.74, 6) is 1.07. The Labute approximate surface area is 130 Å². The fourth-order valence-electron chi connectivity index (χ4n) is 3.86. The van der Waals surface area contributed by atoms with Crippen LogP contribution in [-0.2, 0) is 4.79 Å². The zero-order valence-corrected chi connectivity index (χ0v) is 14.2. The Morgan fingerprint density at radius 2 is 1.81 bits per heavy atom. The van der Waals surface area contributed by atoms with Gasteiger partial charge >= 0.3 is 0 Å². The first-order chi connectivity index (χ1) is 10.0. The van der Waals surface area contributed by atoms with Gasteiger partial charge in [0.15, 0.2) is 0 Å². The number of nitrogens with one attached hydrogen (secondary N) is 2. The van der Waals surface area contributed by atoms with E-state index in [-0.39, 0.29) is 11.9 Å². The highest BCUT2D eigenvalue weighted by molar-refractivity contribution is 5.82. The summed E-state index contributed by atoms with van der Waals surface area (Å²) in [6.45, 7) is 8.08. The summed E-state index contributed by atoms with van der Waals surface area (Å²) in [5, 5.41) is 6.71. The van der Waals surface area contributed by atoms with Crippen LogP contribution in [0, 0.1) is 11.3 Å². The van der Waals surface area contributed by atoms with Crippen LogP contribution in [0.5, 0.6) is 0 Å². The van der Waals surface area contributed by atoms with Crippen molar-refractivity contribution in [2.75, 3.05) is 6.54 Å². The molecular formula is C18H34N2O. The van der Waals surface area contributed by atoms with E-state index < -0.39 is 0 Å². The van der Waals surface area contributed by atoms with Crippen molar-refractivity contribution in [1.29, 1.82) is 0 Å². The van der Waals surface area contributed by atoms with Crippen molar-refractivity contribution in [3.63, 3.8) is 0 Å². The van der Waals surface area contributed by atoms with Crippen molar-refractivity contribution in [2.45, 2.75) is 90.6 Å². The quantitative estimate of drug-likeness (QED) is 0.831. The SMILES string of the molecule is CCC(C)(C)C1CCC(NC(=O)C2CCCCCN2)CC1. The molecule has 1 aliphatic carbocycles. The Kier molecular flexibility index (Phi) is 6.09. The minimum atomic E-state index is 0.0531. The van der Waals surface area contributed by atoms with E-state index in [0.29, 0.717) is 11.5 Å². The molecule has 2 fully saturated rings. The number of carbonyl (C=O) groups excluding carboxylic acids is 1. The maximum Gasteiger partial charge on any atom is 0.237 e. The van der Waals surface area contributed by atoms with Crippen molar-refractivity contribution < 1.29 is 4.79 Å². The molecular weight excluding hydrogens is 260 g/mol. The van der Waals surface area contributed by atoms with Crippen molar-refractivity contribution >= 4 is 5.91 Å². The molecule has 3 heteroatoms. The van der Waals surface area contributed by atoms with Gasteiger partial charge < -0.3 is 10.6 Å². The monoisotopic (exact) mass is 294 g/mol. The molecule has 0 spiro atoms. The van der Waals surface area contributed by atoms with Crippen molar-refractivity contribution in [3.8, 4) is 0 Å². The summed E-state index contributed by atoms with van der Waals surface area (Å²) in [7, 11) is 0. The molecule has 1 saturated heterocycles.